The van der Waals surface area contributed by atoms with Crippen molar-refractivity contribution in [1.29, 1.82) is 0 Å². The number of nitrogens with one attached hydrogen (secondary N) is 1. The van der Waals surface area contributed by atoms with Gasteiger partial charge in [0.05, 0.1) is 7.11 Å². The number of carboxylic acid groups (broad SMARTS) is 1. The Hall–Kier alpha value is -3.84. The van der Waals surface area contributed by atoms with Crippen LogP contribution in [0.15, 0.2) is 72.8 Å². The van der Waals surface area contributed by atoms with E-state index in [4.69, 9.17) is 9.47 Å². The van der Waals surface area contributed by atoms with Gasteiger partial charge in [-0.25, -0.2) is 9.59 Å². The molecule has 3 aromatic carbocycles. The molecule has 0 saturated heterocycles. The van der Waals surface area contributed by atoms with Crippen LogP contribution in [0.5, 0.6) is 5.75 Å². The Kier molecular flexibility index (Phi) is 6.09. The van der Waals surface area contributed by atoms with Gasteiger partial charge in [-0.1, -0.05) is 60.7 Å². The summed E-state index contributed by atoms with van der Waals surface area (Å²) in [5.74, 6) is -0.956. The van der Waals surface area contributed by atoms with Crippen molar-refractivity contribution in [3.8, 4) is 16.9 Å². The van der Waals surface area contributed by atoms with Gasteiger partial charge in [-0.15, -0.1) is 0 Å². The summed E-state index contributed by atoms with van der Waals surface area (Å²) >= 11 is 0. The highest BCUT2D eigenvalue weighted by molar-refractivity contribution is 5.81. The van der Waals surface area contributed by atoms with E-state index in [1.807, 2.05) is 48.5 Å². The van der Waals surface area contributed by atoms with E-state index < -0.39 is 24.2 Å². The number of alkyl carbamates (subject to hydrolysis) is 1. The number of hydrogen-bond donors (Lipinski definition) is 3. The molecule has 0 aromatic heterocycles. The maximum atomic E-state index is 12.4. The molecule has 0 aliphatic heterocycles. The Morgan fingerprint density at radius 3 is 2.03 bits per heavy atom. The van der Waals surface area contributed by atoms with Crippen LogP contribution in [0.1, 0.15) is 28.7 Å². The summed E-state index contributed by atoms with van der Waals surface area (Å²) in [6.07, 6.45) is -2.37. The highest BCUT2D eigenvalue weighted by Crippen LogP contribution is 2.44. The SMILES string of the molecule is COc1ccc(C(O)C(NC(=O)OCC2c3ccccc3-c3ccccc32)C(=O)O)cc1. The van der Waals surface area contributed by atoms with E-state index in [1.165, 1.54) is 7.11 Å². The number of amides is 1. The Morgan fingerprint density at radius 2 is 1.50 bits per heavy atom. The minimum absolute atomic E-state index is 0.0465. The van der Waals surface area contributed by atoms with E-state index in [2.05, 4.69) is 5.32 Å². The molecule has 2 atom stereocenters. The first-order chi connectivity index (χ1) is 15.5. The Labute approximate surface area is 185 Å². The molecule has 32 heavy (non-hydrogen) atoms. The Morgan fingerprint density at radius 1 is 0.938 bits per heavy atom. The summed E-state index contributed by atoms with van der Waals surface area (Å²) in [5.41, 5.74) is 4.62. The molecule has 3 N–H and O–H groups in total. The third kappa shape index (κ3) is 4.15. The number of methoxy groups -OCH3 is 1. The number of benzene rings is 3. The van der Waals surface area contributed by atoms with Crippen molar-refractivity contribution >= 4 is 12.1 Å². The molecule has 3 aromatic rings. The van der Waals surface area contributed by atoms with Gasteiger partial charge in [-0.3, -0.25) is 0 Å². The lowest BCUT2D eigenvalue weighted by Gasteiger charge is -2.21. The number of carbonyl (C=O) groups is 2. The summed E-state index contributed by atoms with van der Waals surface area (Å²) in [7, 11) is 1.50. The number of fused-ring (bicyclic) bond motifs is 3. The van der Waals surface area contributed by atoms with Gasteiger partial charge in [0.25, 0.3) is 0 Å². The van der Waals surface area contributed by atoms with Gasteiger partial charge in [-0.2, -0.15) is 0 Å². The first-order valence-electron chi connectivity index (χ1n) is 10.2. The van der Waals surface area contributed by atoms with Crippen molar-refractivity contribution in [2.45, 2.75) is 18.1 Å². The molecule has 0 bridgehead atoms. The lowest BCUT2D eigenvalue weighted by atomic mass is 9.98. The summed E-state index contributed by atoms with van der Waals surface area (Å²) in [5, 5.41) is 22.3. The summed E-state index contributed by atoms with van der Waals surface area (Å²) in [6.45, 7) is 0.0465. The number of hydrogen-bond acceptors (Lipinski definition) is 5. The number of rotatable bonds is 7. The molecule has 0 fully saturated rings. The summed E-state index contributed by atoms with van der Waals surface area (Å²) < 4.78 is 10.5. The van der Waals surface area contributed by atoms with Crippen LogP contribution in [-0.4, -0.2) is 42.0 Å². The fourth-order valence-electron chi connectivity index (χ4n) is 4.04. The van der Waals surface area contributed by atoms with Crippen molar-refractivity contribution < 1.29 is 29.3 Å². The largest absolute Gasteiger partial charge is 0.497 e. The topological polar surface area (TPSA) is 105 Å². The van der Waals surface area contributed by atoms with E-state index in [1.54, 1.807) is 24.3 Å². The average molecular weight is 433 g/mol. The maximum absolute atomic E-state index is 12.4. The van der Waals surface area contributed by atoms with E-state index in [0.29, 0.717) is 11.3 Å². The standard InChI is InChI=1S/C25H23NO6/c1-31-16-12-10-15(11-13-16)23(27)22(24(28)29)26-25(30)32-14-21-19-8-4-2-6-17(19)18-7-3-5-9-20(18)21/h2-13,21-23,27H,14H2,1H3,(H,26,30)(H,28,29). The van der Waals surface area contributed by atoms with Crippen molar-refractivity contribution in [3.63, 3.8) is 0 Å². The third-order valence-electron chi connectivity index (χ3n) is 5.66. The summed E-state index contributed by atoms with van der Waals surface area (Å²) in [4.78, 5) is 24.2. The third-order valence-corrected chi connectivity index (χ3v) is 5.66. The number of ether oxygens (including phenoxy) is 2. The van der Waals surface area contributed by atoms with Crippen molar-refractivity contribution in [2.24, 2.45) is 0 Å². The molecular weight excluding hydrogens is 410 g/mol. The smallest absolute Gasteiger partial charge is 0.407 e. The van der Waals surface area contributed by atoms with Crippen molar-refractivity contribution in [3.05, 3.63) is 89.5 Å². The number of aliphatic hydroxyl groups is 1. The number of aliphatic carboxylic acids is 1. The van der Waals surface area contributed by atoms with Crippen LogP contribution in [-0.2, 0) is 9.53 Å². The van der Waals surface area contributed by atoms with Crippen molar-refractivity contribution in [1.82, 2.24) is 5.32 Å². The van der Waals surface area contributed by atoms with Gasteiger partial charge in [0, 0.05) is 5.92 Å². The van der Waals surface area contributed by atoms with Crippen LogP contribution in [0.2, 0.25) is 0 Å². The molecule has 0 saturated carbocycles. The van der Waals surface area contributed by atoms with Crippen LogP contribution in [0.4, 0.5) is 4.79 Å². The molecular formula is C25H23NO6. The van der Waals surface area contributed by atoms with E-state index in [9.17, 15) is 19.8 Å². The summed E-state index contributed by atoms with van der Waals surface area (Å²) in [6, 6.07) is 20.6. The number of carboxylic acids is 1. The van der Waals surface area contributed by atoms with Crippen LogP contribution >= 0.6 is 0 Å². The quantitative estimate of drug-likeness (QED) is 0.525. The first kappa shape index (κ1) is 21.4. The molecule has 2 unspecified atom stereocenters. The van der Waals surface area contributed by atoms with Crippen molar-refractivity contribution in [2.75, 3.05) is 13.7 Å². The highest BCUT2D eigenvalue weighted by Gasteiger charge is 2.32. The highest BCUT2D eigenvalue weighted by atomic mass is 16.5. The van der Waals surface area contributed by atoms with Gasteiger partial charge in [0.2, 0.25) is 0 Å². The van der Waals surface area contributed by atoms with E-state index in [-0.39, 0.29) is 12.5 Å². The molecule has 0 heterocycles. The second-order valence-corrected chi connectivity index (χ2v) is 7.50. The Balaban J connectivity index is 1.45. The lowest BCUT2D eigenvalue weighted by molar-refractivity contribution is -0.142. The zero-order valence-electron chi connectivity index (χ0n) is 17.4. The molecule has 0 radical (unpaired) electrons. The van der Waals surface area contributed by atoms with Gasteiger partial charge in [-0.05, 0) is 39.9 Å². The van der Waals surface area contributed by atoms with Gasteiger partial charge in [0.15, 0.2) is 6.04 Å². The van der Waals surface area contributed by atoms with Gasteiger partial charge >= 0.3 is 12.1 Å². The molecule has 7 nitrogen and oxygen atoms in total. The molecule has 4 rings (SSSR count). The average Bonchev–Trinajstić information content (AvgIpc) is 3.14. The fourth-order valence-corrected chi connectivity index (χ4v) is 4.04. The number of aliphatic hydroxyl groups excluding tert-OH is 1. The minimum atomic E-state index is -1.57. The second-order valence-electron chi connectivity index (χ2n) is 7.50. The first-order valence-corrected chi connectivity index (χ1v) is 10.2. The predicted octanol–water partition coefficient (Wildman–Crippen LogP) is 3.72. The molecule has 1 aliphatic rings. The van der Waals surface area contributed by atoms with Crippen LogP contribution < -0.4 is 10.1 Å². The molecule has 1 aliphatic carbocycles. The zero-order valence-corrected chi connectivity index (χ0v) is 17.4. The zero-order chi connectivity index (χ0) is 22.7. The monoisotopic (exact) mass is 433 g/mol. The molecule has 164 valence electrons. The number of carbonyl (C=O) groups excluding carboxylic acids is 1. The molecule has 7 heteroatoms. The second kappa shape index (κ2) is 9.11. The van der Waals surface area contributed by atoms with Gasteiger partial charge in [0.1, 0.15) is 18.5 Å². The van der Waals surface area contributed by atoms with Crippen LogP contribution in [0, 0.1) is 0 Å². The molecule has 1 amide bonds. The fraction of sp³-hybridized carbons (Fsp3) is 0.200. The maximum Gasteiger partial charge on any atom is 0.407 e. The Bertz CT molecular complexity index is 1080. The predicted molar refractivity (Wildman–Crippen MR) is 118 cm³/mol. The van der Waals surface area contributed by atoms with E-state index >= 15 is 0 Å². The van der Waals surface area contributed by atoms with Crippen LogP contribution in [0.3, 0.4) is 0 Å². The minimum Gasteiger partial charge on any atom is -0.497 e. The van der Waals surface area contributed by atoms with Crippen LogP contribution in [0.25, 0.3) is 11.1 Å². The molecule has 0 spiro atoms. The van der Waals surface area contributed by atoms with E-state index in [0.717, 1.165) is 22.3 Å². The normalized spacial score (nSPS) is 14.1. The lowest BCUT2D eigenvalue weighted by Crippen LogP contribution is -2.45. The van der Waals surface area contributed by atoms with Gasteiger partial charge < -0.3 is 25.0 Å².